The summed E-state index contributed by atoms with van der Waals surface area (Å²) in [5.41, 5.74) is 2.59. The van der Waals surface area contributed by atoms with Crippen molar-refractivity contribution < 1.29 is 13.9 Å². The molecule has 0 saturated heterocycles. The molecular weight excluding hydrogens is 333 g/mol. The molecule has 134 valence electrons. The maximum absolute atomic E-state index is 14.4. The standard InChI is InChI=1S/C20H20FN3O2/c1-14-22-8-9-24(14)19-7-6-15(11-18(19)21)12-23-20(25)17-5-3-4-16(10-17)13-26-2/h3-11H,12-13H2,1-2H3,(H,23,25). The van der Waals surface area contributed by atoms with Crippen LogP contribution in [0.15, 0.2) is 54.9 Å². The Bertz CT molecular complexity index is 921. The third-order valence-corrected chi connectivity index (χ3v) is 4.05. The minimum absolute atomic E-state index is 0.210. The lowest BCUT2D eigenvalue weighted by molar-refractivity contribution is 0.0950. The number of aromatic nitrogens is 2. The lowest BCUT2D eigenvalue weighted by Crippen LogP contribution is -2.23. The molecule has 26 heavy (non-hydrogen) atoms. The normalized spacial score (nSPS) is 10.7. The van der Waals surface area contributed by atoms with Gasteiger partial charge in [0.15, 0.2) is 0 Å². The molecule has 0 atom stereocenters. The molecule has 0 aliphatic carbocycles. The van der Waals surface area contributed by atoms with Crippen molar-refractivity contribution in [1.29, 1.82) is 0 Å². The average molecular weight is 353 g/mol. The molecule has 0 radical (unpaired) electrons. The van der Waals surface area contributed by atoms with Crippen molar-refractivity contribution in [2.24, 2.45) is 0 Å². The van der Waals surface area contributed by atoms with E-state index in [4.69, 9.17) is 4.74 Å². The smallest absolute Gasteiger partial charge is 0.251 e. The van der Waals surface area contributed by atoms with Crippen LogP contribution in [0.4, 0.5) is 4.39 Å². The van der Waals surface area contributed by atoms with E-state index in [0.717, 1.165) is 5.56 Å². The maximum Gasteiger partial charge on any atom is 0.251 e. The Morgan fingerprint density at radius 1 is 1.23 bits per heavy atom. The Morgan fingerprint density at radius 2 is 2.08 bits per heavy atom. The number of carbonyl (C=O) groups is 1. The summed E-state index contributed by atoms with van der Waals surface area (Å²) in [4.78, 5) is 16.4. The van der Waals surface area contributed by atoms with Crippen LogP contribution in [0.3, 0.4) is 0 Å². The van der Waals surface area contributed by atoms with Gasteiger partial charge >= 0.3 is 0 Å². The predicted molar refractivity (Wildman–Crippen MR) is 96.6 cm³/mol. The first kappa shape index (κ1) is 17.8. The number of nitrogens with zero attached hydrogens (tertiary/aromatic N) is 2. The molecule has 1 heterocycles. The highest BCUT2D eigenvalue weighted by Gasteiger charge is 2.10. The van der Waals surface area contributed by atoms with Crippen LogP contribution in [-0.4, -0.2) is 22.6 Å². The first-order chi connectivity index (χ1) is 12.6. The van der Waals surface area contributed by atoms with Crippen molar-refractivity contribution in [1.82, 2.24) is 14.9 Å². The van der Waals surface area contributed by atoms with Crippen molar-refractivity contribution in [3.63, 3.8) is 0 Å². The van der Waals surface area contributed by atoms with Gasteiger partial charge in [-0.05, 0) is 42.3 Å². The fourth-order valence-corrected chi connectivity index (χ4v) is 2.74. The molecule has 0 unspecified atom stereocenters. The minimum atomic E-state index is -0.361. The number of halogens is 1. The number of carbonyl (C=O) groups excluding carboxylic acids is 1. The van der Waals surface area contributed by atoms with Crippen molar-refractivity contribution >= 4 is 5.91 Å². The number of aryl methyl sites for hydroxylation is 1. The van der Waals surface area contributed by atoms with E-state index < -0.39 is 0 Å². The Labute approximate surface area is 151 Å². The van der Waals surface area contributed by atoms with E-state index in [2.05, 4.69) is 10.3 Å². The van der Waals surface area contributed by atoms with Gasteiger partial charge in [0, 0.05) is 31.6 Å². The van der Waals surface area contributed by atoms with Crippen LogP contribution in [-0.2, 0) is 17.9 Å². The number of ether oxygens (including phenoxy) is 1. The maximum atomic E-state index is 14.4. The molecule has 0 aliphatic rings. The highest BCUT2D eigenvalue weighted by molar-refractivity contribution is 5.94. The van der Waals surface area contributed by atoms with Gasteiger partial charge in [-0.25, -0.2) is 9.37 Å². The topological polar surface area (TPSA) is 56.1 Å². The summed E-state index contributed by atoms with van der Waals surface area (Å²) in [6.07, 6.45) is 3.34. The third kappa shape index (κ3) is 3.97. The quantitative estimate of drug-likeness (QED) is 0.739. The molecule has 1 aromatic heterocycles. The van der Waals surface area contributed by atoms with E-state index in [1.165, 1.54) is 6.07 Å². The van der Waals surface area contributed by atoms with Gasteiger partial charge in [-0.15, -0.1) is 0 Å². The monoisotopic (exact) mass is 353 g/mol. The van der Waals surface area contributed by atoms with Crippen LogP contribution in [0, 0.1) is 12.7 Å². The Hall–Kier alpha value is -2.99. The summed E-state index contributed by atoms with van der Waals surface area (Å²) in [6.45, 7) is 2.50. The molecule has 0 saturated carbocycles. The minimum Gasteiger partial charge on any atom is -0.380 e. The second-order valence-corrected chi connectivity index (χ2v) is 5.95. The third-order valence-electron chi connectivity index (χ3n) is 4.05. The Kier molecular flexibility index (Phi) is 5.43. The molecule has 3 aromatic rings. The van der Waals surface area contributed by atoms with Gasteiger partial charge in [-0.3, -0.25) is 4.79 Å². The number of imidazole rings is 1. The Balaban J connectivity index is 1.68. The van der Waals surface area contributed by atoms with Gasteiger partial charge in [0.2, 0.25) is 0 Å². The second-order valence-electron chi connectivity index (χ2n) is 5.95. The van der Waals surface area contributed by atoms with Gasteiger partial charge in [0.1, 0.15) is 11.6 Å². The number of methoxy groups -OCH3 is 1. The van der Waals surface area contributed by atoms with Crippen LogP contribution in [0.1, 0.15) is 27.3 Å². The predicted octanol–water partition coefficient (Wildman–Crippen LogP) is 3.40. The van der Waals surface area contributed by atoms with Gasteiger partial charge in [-0.1, -0.05) is 18.2 Å². The number of hydrogen-bond acceptors (Lipinski definition) is 3. The number of hydrogen-bond donors (Lipinski definition) is 1. The first-order valence-electron chi connectivity index (χ1n) is 8.23. The fraction of sp³-hybridized carbons (Fsp3) is 0.200. The molecule has 1 N–H and O–H groups in total. The van der Waals surface area contributed by atoms with Gasteiger partial charge < -0.3 is 14.6 Å². The first-order valence-corrected chi connectivity index (χ1v) is 8.23. The summed E-state index contributed by atoms with van der Waals surface area (Å²) >= 11 is 0. The number of nitrogens with one attached hydrogen (secondary N) is 1. The number of benzene rings is 2. The molecule has 0 aliphatic heterocycles. The molecule has 0 fully saturated rings. The summed E-state index contributed by atoms with van der Waals surface area (Å²) in [6, 6.07) is 12.1. The zero-order chi connectivity index (χ0) is 18.5. The van der Waals surface area contributed by atoms with E-state index in [0.29, 0.717) is 29.2 Å². The lowest BCUT2D eigenvalue weighted by atomic mass is 10.1. The molecule has 1 amide bonds. The van der Waals surface area contributed by atoms with Crippen molar-refractivity contribution in [2.75, 3.05) is 7.11 Å². The highest BCUT2D eigenvalue weighted by Crippen LogP contribution is 2.17. The van der Waals surface area contributed by atoms with E-state index >= 15 is 0 Å². The van der Waals surface area contributed by atoms with Crippen LogP contribution in [0.5, 0.6) is 0 Å². The molecule has 5 nitrogen and oxygen atoms in total. The molecule has 3 rings (SSSR count). The summed E-state index contributed by atoms with van der Waals surface area (Å²) in [7, 11) is 1.61. The SMILES string of the molecule is COCc1cccc(C(=O)NCc2ccc(-n3ccnc3C)c(F)c2)c1. The van der Waals surface area contributed by atoms with Gasteiger partial charge in [0.25, 0.3) is 5.91 Å². The van der Waals surface area contributed by atoms with Crippen LogP contribution >= 0.6 is 0 Å². The van der Waals surface area contributed by atoms with E-state index in [1.807, 2.05) is 19.1 Å². The van der Waals surface area contributed by atoms with Crippen LogP contribution in [0.25, 0.3) is 5.69 Å². The summed E-state index contributed by atoms with van der Waals surface area (Å²) in [5.74, 6) is 0.138. The van der Waals surface area contributed by atoms with Crippen LogP contribution < -0.4 is 5.32 Å². The molecule has 2 aromatic carbocycles. The summed E-state index contributed by atoms with van der Waals surface area (Å²) < 4.78 is 21.2. The van der Waals surface area contributed by atoms with E-state index in [-0.39, 0.29) is 18.3 Å². The zero-order valence-corrected chi connectivity index (χ0v) is 14.7. The largest absolute Gasteiger partial charge is 0.380 e. The van der Waals surface area contributed by atoms with E-state index in [9.17, 15) is 9.18 Å². The molecule has 0 spiro atoms. The van der Waals surface area contributed by atoms with Gasteiger partial charge in [0.05, 0.1) is 12.3 Å². The molecule has 0 bridgehead atoms. The number of amides is 1. The second kappa shape index (κ2) is 7.93. The molecule has 6 heteroatoms. The zero-order valence-electron chi connectivity index (χ0n) is 14.7. The van der Waals surface area contributed by atoms with Crippen LogP contribution in [0.2, 0.25) is 0 Å². The fourth-order valence-electron chi connectivity index (χ4n) is 2.74. The average Bonchev–Trinajstić information content (AvgIpc) is 3.06. The highest BCUT2D eigenvalue weighted by atomic mass is 19.1. The Morgan fingerprint density at radius 3 is 2.77 bits per heavy atom. The van der Waals surface area contributed by atoms with Crippen molar-refractivity contribution in [2.45, 2.75) is 20.1 Å². The number of rotatable bonds is 6. The lowest BCUT2D eigenvalue weighted by Gasteiger charge is -2.10. The summed E-state index contributed by atoms with van der Waals surface area (Å²) in [5, 5.41) is 2.81. The van der Waals surface area contributed by atoms with Crippen molar-refractivity contribution in [3.8, 4) is 5.69 Å². The van der Waals surface area contributed by atoms with E-state index in [1.54, 1.807) is 48.3 Å². The van der Waals surface area contributed by atoms with Crippen molar-refractivity contribution in [3.05, 3.63) is 83.2 Å². The van der Waals surface area contributed by atoms with Gasteiger partial charge in [-0.2, -0.15) is 0 Å². The molecular formula is C20H20FN3O2.